The average molecular weight is 434 g/mol. The van der Waals surface area contributed by atoms with E-state index in [1.807, 2.05) is 13.8 Å². The average Bonchev–Trinajstić information content (AvgIpc) is 3.06. The molecule has 2 N–H and O–H groups in total. The molecule has 1 aromatic rings. The second-order valence-electron chi connectivity index (χ2n) is 6.92. The van der Waals surface area contributed by atoms with E-state index >= 15 is 0 Å². The predicted molar refractivity (Wildman–Crippen MR) is 100 cm³/mol. The third-order valence-electron chi connectivity index (χ3n) is 5.23. The Kier molecular flexibility index (Phi) is 5.60. The largest absolute Gasteiger partial charge is 0.377 e. The molecule has 1 aliphatic heterocycles. The lowest BCUT2D eigenvalue weighted by Crippen LogP contribution is -2.67. The highest BCUT2D eigenvalue weighted by Crippen LogP contribution is 2.52. The molecule has 23 heavy (non-hydrogen) atoms. The number of fused-ring (bicyclic) bond motifs is 1. The van der Waals surface area contributed by atoms with Gasteiger partial charge in [-0.15, -0.1) is 24.0 Å². The van der Waals surface area contributed by atoms with E-state index in [0.717, 1.165) is 36.0 Å². The van der Waals surface area contributed by atoms with Crippen LogP contribution in [0, 0.1) is 25.2 Å². The summed E-state index contributed by atoms with van der Waals surface area (Å²) in [6.45, 7) is 9.96. The Morgan fingerprint density at radius 1 is 1.39 bits per heavy atom. The van der Waals surface area contributed by atoms with Gasteiger partial charge in [-0.25, -0.2) is 0 Å². The van der Waals surface area contributed by atoms with Crippen molar-refractivity contribution < 1.29 is 9.26 Å². The standard InChI is InChI=1S/C16H26N4O2.HI/c1-9-12(10(2)22-20-9)8-18-15(17-5)19-13-11-6-7-21-14(11)16(13,3)4;/h11,13-14H,6-8H2,1-5H3,(H2,17,18,19);1H. The van der Waals surface area contributed by atoms with Crippen LogP contribution in [-0.2, 0) is 11.3 Å². The Labute approximate surface area is 154 Å². The van der Waals surface area contributed by atoms with Crippen molar-refractivity contribution in [1.29, 1.82) is 0 Å². The van der Waals surface area contributed by atoms with Crippen molar-refractivity contribution in [3.05, 3.63) is 17.0 Å². The molecule has 2 fully saturated rings. The summed E-state index contributed by atoms with van der Waals surface area (Å²) in [4.78, 5) is 4.35. The molecule has 0 amide bonds. The van der Waals surface area contributed by atoms with Crippen LogP contribution in [0.4, 0.5) is 0 Å². The number of nitrogens with zero attached hydrogens (tertiary/aromatic N) is 2. The highest BCUT2D eigenvalue weighted by molar-refractivity contribution is 14.0. The molecule has 1 aromatic heterocycles. The van der Waals surface area contributed by atoms with Gasteiger partial charge in [0.1, 0.15) is 5.76 Å². The zero-order chi connectivity index (χ0) is 15.9. The van der Waals surface area contributed by atoms with E-state index in [1.165, 1.54) is 0 Å². The van der Waals surface area contributed by atoms with Crippen LogP contribution in [0.25, 0.3) is 0 Å². The number of hydrogen-bond donors (Lipinski definition) is 2. The van der Waals surface area contributed by atoms with Crippen LogP contribution < -0.4 is 10.6 Å². The number of halogens is 1. The minimum Gasteiger partial charge on any atom is -0.377 e. The van der Waals surface area contributed by atoms with Gasteiger partial charge in [-0.05, 0) is 20.3 Å². The Morgan fingerprint density at radius 3 is 2.74 bits per heavy atom. The van der Waals surface area contributed by atoms with Gasteiger partial charge in [0.25, 0.3) is 0 Å². The lowest BCUT2D eigenvalue weighted by atomic mass is 9.57. The molecule has 2 aliphatic rings. The fraction of sp³-hybridized carbons (Fsp3) is 0.750. The van der Waals surface area contributed by atoms with E-state index in [4.69, 9.17) is 9.26 Å². The topological polar surface area (TPSA) is 71.7 Å². The van der Waals surface area contributed by atoms with E-state index in [0.29, 0.717) is 24.6 Å². The summed E-state index contributed by atoms with van der Waals surface area (Å²) < 4.78 is 11.0. The van der Waals surface area contributed by atoms with Crippen LogP contribution in [0.5, 0.6) is 0 Å². The van der Waals surface area contributed by atoms with Crippen LogP contribution in [0.2, 0.25) is 0 Å². The Bertz CT molecular complexity index is 565. The number of aryl methyl sites for hydroxylation is 2. The number of aliphatic imine (C=N–C) groups is 1. The van der Waals surface area contributed by atoms with Gasteiger partial charge in [-0.3, -0.25) is 4.99 Å². The van der Waals surface area contributed by atoms with Gasteiger partial charge in [0.2, 0.25) is 0 Å². The van der Waals surface area contributed by atoms with Crippen molar-refractivity contribution in [2.45, 2.75) is 52.8 Å². The van der Waals surface area contributed by atoms with E-state index < -0.39 is 0 Å². The molecule has 1 saturated heterocycles. The first-order chi connectivity index (χ1) is 10.4. The Morgan fingerprint density at radius 2 is 2.13 bits per heavy atom. The SMILES string of the molecule is CN=C(NCc1c(C)noc1C)NC1C2CCOC2C1(C)C.I. The molecule has 6 nitrogen and oxygen atoms in total. The summed E-state index contributed by atoms with van der Waals surface area (Å²) in [6.07, 6.45) is 1.51. The molecule has 2 heterocycles. The molecular formula is C16H27IN4O2. The van der Waals surface area contributed by atoms with E-state index in [-0.39, 0.29) is 29.4 Å². The maximum atomic E-state index is 5.84. The van der Waals surface area contributed by atoms with Crippen molar-refractivity contribution >= 4 is 29.9 Å². The third-order valence-corrected chi connectivity index (χ3v) is 5.23. The minimum atomic E-state index is 0. The van der Waals surface area contributed by atoms with Gasteiger partial charge in [0, 0.05) is 43.1 Å². The van der Waals surface area contributed by atoms with Crippen LogP contribution in [0.15, 0.2) is 9.52 Å². The molecule has 0 aromatic carbocycles. The summed E-state index contributed by atoms with van der Waals surface area (Å²) >= 11 is 0. The van der Waals surface area contributed by atoms with Crippen molar-refractivity contribution in [2.75, 3.05) is 13.7 Å². The fourth-order valence-electron chi connectivity index (χ4n) is 3.89. The zero-order valence-corrected chi connectivity index (χ0v) is 16.8. The van der Waals surface area contributed by atoms with Crippen molar-refractivity contribution in [2.24, 2.45) is 16.3 Å². The van der Waals surface area contributed by atoms with Crippen LogP contribution in [-0.4, -0.2) is 36.9 Å². The molecule has 3 unspecified atom stereocenters. The number of nitrogens with one attached hydrogen (secondary N) is 2. The van der Waals surface area contributed by atoms with Gasteiger partial charge < -0.3 is 19.9 Å². The Hall–Kier alpha value is -0.830. The Balaban J connectivity index is 0.00000192. The predicted octanol–water partition coefficient (Wildman–Crippen LogP) is 2.39. The van der Waals surface area contributed by atoms with Crippen LogP contribution in [0.1, 0.15) is 37.3 Å². The molecule has 0 bridgehead atoms. The van der Waals surface area contributed by atoms with E-state index in [1.54, 1.807) is 7.05 Å². The van der Waals surface area contributed by atoms with Crippen molar-refractivity contribution in [3.8, 4) is 0 Å². The number of rotatable bonds is 3. The maximum absolute atomic E-state index is 5.84. The summed E-state index contributed by atoms with van der Waals surface area (Å²) in [5.74, 6) is 2.27. The van der Waals surface area contributed by atoms with Gasteiger partial charge >= 0.3 is 0 Å². The van der Waals surface area contributed by atoms with Gasteiger partial charge in [-0.2, -0.15) is 0 Å². The second-order valence-corrected chi connectivity index (χ2v) is 6.92. The molecule has 0 radical (unpaired) electrons. The van der Waals surface area contributed by atoms with Crippen LogP contribution in [0.3, 0.4) is 0 Å². The molecular weight excluding hydrogens is 407 g/mol. The molecule has 7 heteroatoms. The summed E-state index contributed by atoms with van der Waals surface area (Å²) in [7, 11) is 1.80. The lowest BCUT2D eigenvalue weighted by Gasteiger charge is -2.54. The van der Waals surface area contributed by atoms with Gasteiger partial charge in [-0.1, -0.05) is 19.0 Å². The first-order valence-corrected chi connectivity index (χ1v) is 7.95. The second kappa shape index (κ2) is 6.96. The number of aromatic nitrogens is 1. The zero-order valence-electron chi connectivity index (χ0n) is 14.5. The lowest BCUT2D eigenvalue weighted by molar-refractivity contribution is -0.106. The number of hydrogen-bond acceptors (Lipinski definition) is 4. The molecule has 130 valence electrons. The fourth-order valence-corrected chi connectivity index (χ4v) is 3.89. The third kappa shape index (κ3) is 3.22. The quantitative estimate of drug-likeness (QED) is 0.435. The first kappa shape index (κ1) is 18.5. The monoisotopic (exact) mass is 434 g/mol. The molecule has 1 saturated carbocycles. The van der Waals surface area contributed by atoms with Gasteiger partial charge in [0.05, 0.1) is 11.8 Å². The molecule has 0 spiro atoms. The number of guanidine groups is 1. The highest BCUT2D eigenvalue weighted by atomic mass is 127. The molecule has 3 rings (SSSR count). The van der Waals surface area contributed by atoms with Crippen LogP contribution >= 0.6 is 24.0 Å². The molecule has 3 atom stereocenters. The van der Waals surface area contributed by atoms with E-state index in [2.05, 4.69) is 34.6 Å². The van der Waals surface area contributed by atoms with Crippen molar-refractivity contribution in [1.82, 2.24) is 15.8 Å². The maximum Gasteiger partial charge on any atom is 0.191 e. The number of ether oxygens (including phenoxy) is 1. The van der Waals surface area contributed by atoms with Crippen molar-refractivity contribution in [3.63, 3.8) is 0 Å². The first-order valence-electron chi connectivity index (χ1n) is 7.95. The highest BCUT2D eigenvalue weighted by Gasteiger charge is 2.59. The molecule has 1 aliphatic carbocycles. The summed E-state index contributed by atoms with van der Waals surface area (Å²) in [5.41, 5.74) is 2.16. The van der Waals surface area contributed by atoms with E-state index in [9.17, 15) is 0 Å². The summed E-state index contributed by atoms with van der Waals surface area (Å²) in [5, 5.41) is 10.9. The van der Waals surface area contributed by atoms with Gasteiger partial charge in [0.15, 0.2) is 5.96 Å². The normalized spacial score (nSPS) is 28.6. The minimum absolute atomic E-state index is 0. The smallest absolute Gasteiger partial charge is 0.191 e. The summed E-state index contributed by atoms with van der Waals surface area (Å²) in [6, 6.07) is 0.399.